The van der Waals surface area contributed by atoms with E-state index >= 15 is 0 Å². The van der Waals surface area contributed by atoms with Gasteiger partial charge in [0.1, 0.15) is 5.82 Å². The van der Waals surface area contributed by atoms with Crippen LogP contribution < -0.4 is 0 Å². The summed E-state index contributed by atoms with van der Waals surface area (Å²) in [6.45, 7) is 3.29. The van der Waals surface area contributed by atoms with Crippen LogP contribution in [-0.2, 0) is 16.1 Å². The number of ether oxygens (including phenoxy) is 1. The Hall–Kier alpha value is -1.72. The Balaban J connectivity index is 2.05. The van der Waals surface area contributed by atoms with Crippen LogP contribution in [0.25, 0.3) is 6.08 Å². The Morgan fingerprint density at radius 1 is 1.57 bits per heavy atom. The van der Waals surface area contributed by atoms with Gasteiger partial charge in [0.15, 0.2) is 0 Å². The first-order valence-corrected chi connectivity index (χ1v) is 6.98. The molecule has 0 bridgehead atoms. The van der Waals surface area contributed by atoms with Crippen LogP contribution in [0, 0.1) is 5.82 Å². The van der Waals surface area contributed by atoms with E-state index in [9.17, 15) is 9.18 Å². The highest BCUT2D eigenvalue weighted by molar-refractivity contribution is 5.85. The third kappa shape index (κ3) is 4.12. The number of halogens is 1. The molecule has 0 aliphatic carbocycles. The lowest BCUT2D eigenvalue weighted by atomic mass is 10.1. The first-order chi connectivity index (χ1) is 9.97. The van der Waals surface area contributed by atoms with Crippen LogP contribution in [0.2, 0.25) is 0 Å². The highest BCUT2D eigenvalue weighted by atomic mass is 19.1. The quantitative estimate of drug-likeness (QED) is 0.848. The smallest absolute Gasteiger partial charge is 0.328 e. The number of benzene rings is 1. The fraction of sp³-hybridized carbons (Fsp3) is 0.438. The maximum Gasteiger partial charge on any atom is 0.328 e. The van der Waals surface area contributed by atoms with Gasteiger partial charge in [-0.25, -0.2) is 9.18 Å². The molecule has 1 fully saturated rings. The first-order valence-electron chi connectivity index (χ1n) is 6.98. The predicted molar refractivity (Wildman–Crippen MR) is 78.4 cm³/mol. The van der Waals surface area contributed by atoms with Crippen molar-refractivity contribution in [3.05, 3.63) is 41.2 Å². The van der Waals surface area contributed by atoms with Gasteiger partial charge in [0.2, 0.25) is 0 Å². The highest BCUT2D eigenvalue weighted by Crippen LogP contribution is 2.21. The van der Waals surface area contributed by atoms with E-state index in [0.29, 0.717) is 23.7 Å². The second-order valence-corrected chi connectivity index (χ2v) is 5.37. The molecule has 21 heavy (non-hydrogen) atoms. The minimum Gasteiger partial charge on any atom is -0.478 e. The Labute approximate surface area is 123 Å². The molecule has 1 aliphatic heterocycles. The normalized spacial score (nSPS) is 22.3. The first kappa shape index (κ1) is 15.7. The number of carboxylic acids is 1. The molecule has 2 atom stereocenters. The minimum atomic E-state index is -1.05. The Kier molecular flexibility index (Phi) is 5.09. The summed E-state index contributed by atoms with van der Waals surface area (Å²) in [6.07, 6.45) is 3.50. The molecule has 2 unspecified atom stereocenters. The minimum absolute atomic E-state index is 0.163. The summed E-state index contributed by atoms with van der Waals surface area (Å²) in [5.74, 6) is -1.37. The fourth-order valence-corrected chi connectivity index (χ4v) is 2.65. The van der Waals surface area contributed by atoms with E-state index in [1.165, 1.54) is 12.1 Å². The van der Waals surface area contributed by atoms with Crippen LogP contribution in [0.4, 0.5) is 4.39 Å². The van der Waals surface area contributed by atoms with E-state index < -0.39 is 5.97 Å². The Bertz CT molecular complexity index is 544. The molecular weight excluding hydrogens is 273 g/mol. The van der Waals surface area contributed by atoms with Crippen molar-refractivity contribution in [3.63, 3.8) is 0 Å². The molecule has 0 radical (unpaired) electrons. The Morgan fingerprint density at radius 2 is 2.33 bits per heavy atom. The van der Waals surface area contributed by atoms with E-state index in [-0.39, 0.29) is 11.9 Å². The zero-order valence-electron chi connectivity index (χ0n) is 12.3. The van der Waals surface area contributed by atoms with Crippen molar-refractivity contribution in [1.29, 1.82) is 0 Å². The maximum absolute atomic E-state index is 14.1. The van der Waals surface area contributed by atoms with Crippen molar-refractivity contribution in [2.24, 2.45) is 0 Å². The molecule has 0 aromatic heterocycles. The topological polar surface area (TPSA) is 49.8 Å². The SMILES string of the molecule is CC1OCCC1N(C)Cc1ccc(/C=C/C(=O)O)cc1F. The lowest BCUT2D eigenvalue weighted by molar-refractivity contribution is -0.131. The predicted octanol–water partition coefficient (Wildman–Crippen LogP) is 2.53. The summed E-state index contributed by atoms with van der Waals surface area (Å²) in [5.41, 5.74) is 1.14. The molecule has 0 saturated carbocycles. The van der Waals surface area contributed by atoms with Gasteiger partial charge in [-0.1, -0.05) is 12.1 Å². The fourth-order valence-electron chi connectivity index (χ4n) is 2.65. The molecule has 0 spiro atoms. The summed E-state index contributed by atoms with van der Waals surface area (Å²) >= 11 is 0. The van der Waals surface area contributed by atoms with Gasteiger partial charge in [-0.15, -0.1) is 0 Å². The van der Waals surface area contributed by atoms with Gasteiger partial charge in [0.05, 0.1) is 6.10 Å². The van der Waals surface area contributed by atoms with Crippen molar-refractivity contribution in [2.75, 3.05) is 13.7 Å². The molecule has 114 valence electrons. The number of nitrogens with zero attached hydrogens (tertiary/aromatic N) is 1. The summed E-state index contributed by atoms with van der Waals surface area (Å²) in [4.78, 5) is 12.5. The van der Waals surface area contributed by atoms with Crippen molar-refractivity contribution in [3.8, 4) is 0 Å². The molecular formula is C16H20FNO3. The molecule has 1 heterocycles. The molecule has 1 saturated heterocycles. The van der Waals surface area contributed by atoms with Crippen molar-refractivity contribution in [1.82, 2.24) is 4.90 Å². The average molecular weight is 293 g/mol. The van der Waals surface area contributed by atoms with E-state index in [0.717, 1.165) is 19.1 Å². The summed E-state index contributed by atoms with van der Waals surface area (Å²) in [6, 6.07) is 5.08. The largest absolute Gasteiger partial charge is 0.478 e. The van der Waals surface area contributed by atoms with Gasteiger partial charge in [0, 0.05) is 30.8 Å². The van der Waals surface area contributed by atoms with Crippen LogP contribution in [0.3, 0.4) is 0 Å². The zero-order chi connectivity index (χ0) is 15.4. The monoisotopic (exact) mass is 293 g/mol. The van der Waals surface area contributed by atoms with Gasteiger partial charge in [0.25, 0.3) is 0 Å². The average Bonchev–Trinajstić information content (AvgIpc) is 2.85. The van der Waals surface area contributed by atoms with E-state index in [4.69, 9.17) is 9.84 Å². The number of hydrogen-bond donors (Lipinski definition) is 1. The number of carboxylic acid groups (broad SMARTS) is 1. The number of hydrogen-bond acceptors (Lipinski definition) is 3. The molecule has 4 nitrogen and oxygen atoms in total. The summed E-state index contributed by atoms with van der Waals surface area (Å²) < 4.78 is 19.6. The second-order valence-electron chi connectivity index (χ2n) is 5.37. The molecule has 1 aromatic rings. The summed E-state index contributed by atoms with van der Waals surface area (Å²) in [7, 11) is 1.97. The van der Waals surface area contributed by atoms with E-state index in [1.807, 2.05) is 14.0 Å². The lowest BCUT2D eigenvalue weighted by Crippen LogP contribution is -2.36. The molecule has 2 rings (SSSR count). The molecule has 5 heteroatoms. The third-order valence-corrected chi connectivity index (χ3v) is 3.82. The number of aliphatic carboxylic acids is 1. The van der Waals surface area contributed by atoms with Crippen LogP contribution >= 0.6 is 0 Å². The van der Waals surface area contributed by atoms with Gasteiger partial charge < -0.3 is 9.84 Å². The molecule has 0 amide bonds. The molecule has 1 aromatic carbocycles. The van der Waals surface area contributed by atoms with Crippen LogP contribution in [0.5, 0.6) is 0 Å². The summed E-state index contributed by atoms with van der Waals surface area (Å²) in [5, 5.41) is 8.56. The van der Waals surface area contributed by atoms with Crippen LogP contribution in [0.15, 0.2) is 24.3 Å². The van der Waals surface area contributed by atoms with E-state index in [1.54, 1.807) is 12.1 Å². The number of carbonyl (C=O) groups is 1. The van der Waals surface area contributed by atoms with E-state index in [2.05, 4.69) is 4.90 Å². The van der Waals surface area contributed by atoms with Gasteiger partial charge >= 0.3 is 5.97 Å². The number of rotatable bonds is 5. The standard InChI is InChI=1S/C16H20FNO3/c1-11-15(7-8-21-11)18(2)10-13-5-3-12(9-14(13)17)4-6-16(19)20/h3-6,9,11,15H,7-8,10H2,1-2H3,(H,19,20)/b6-4+. The number of likely N-dealkylation sites (N-methyl/N-ethyl adjacent to an activating group) is 1. The van der Waals surface area contributed by atoms with Crippen molar-refractivity contribution >= 4 is 12.0 Å². The van der Waals surface area contributed by atoms with Gasteiger partial charge in [-0.05, 0) is 38.1 Å². The van der Waals surface area contributed by atoms with Crippen molar-refractivity contribution in [2.45, 2.75) is 32.0 Å². The molecule has 1 aliphatic rings. The van der Waals surface area contributed by atoms with Gasteiger partial charge in [-0.3, -0.25) is 4.90 Å². The zero-order valence-corrected chi connectivity index (χ0v) is 12.3. The van der Waals surface area contributed by atoms with Crippen LogP contribution in [0.1, 0.15) is 24.5 Å². The van der Waals surface area contributed by atoms with Crippen LogP contribution in [-0.4, -0.2) is 41.8 Å². The van der Waals surface area contributed by atoms with Gasteiger partial charge in [-0.2, -0.15) is 0 Å². The second kappa shape index (κ2) is 6.83. The lowest BCUT2D eigenvalue weighted by Gasteiger charge is -2.26. The van der Waals surface area contributed by atoms with Crippen molar-refractivity contribution < 1.29 is 19.0 Å². The third-order valence-electron chi connectivity index (χ3n) is 3.82. The maximum atomic E-state index is 14.1. The Morgan fingerprint density at radius 3 is 2.90 bits per heavy atom. The highest BCUT2D eigenvalue weighted by Gasteiger charge is 2.28. The molecule has 1 N–H and O–H groups in total.